The van der Waals surface area contributed by atoms with Gasteiger partial charge in [0.1, 0.15) is 17.0 Å². The van der Waals surface area contributed by atoms with Crippen LogP contribution in [0.3, 0.4) is 0 Å². The lowest BCUT2D eigenvalue weighted by atomic mass is 10.3. The van der Waals surface area contributed by atoms with E-state index in [2.05, 4.69) is 17.2 Å². The number of para-hydroxylation sites is 2. The first-order chi connectivity index (χ1) is 9.85. The molecule has 104 valence electrons. The van der Waals surface area contributed by atoms with Crippen molar-refractivity contribution in [1.82, 2.24) is 10.3 Å². The summed E-state index contributed by atoms with van der Waals surface area (Å²) in [4.78, 5) is 4.43. The highest BCUT2D eigenvalue weighted by Crippen LogP contribution is 2.26. The number of thioether (sulfide) groups is 1. The van der Waals surface area contributed by atoms with E-state index in [4.69, 9.17) is 8.83 Å². The number of aromatic nitrogens is 1. The molecule has 3 aromatic rings. The Labute approximate surface area is 121 Å². The lowest BCUT2D eigenvalue weighted by Gasteiger charge is -1.97. The lowest BCUT2D eigenvalue weighted by Crippen LogP contribution is -2.10. The Balaban J connectivity index is 1.62. The number of rotatable bonds is 6. The zero-order valence-electron chi connectivity index (χ0n) is 11.3. The fourth-order valence-electron chi connectivity index (χ4n) is 1.89. The Kier molecular flexibility index (Phi) is 4.08. The first-order valence-electron chi connectivity index (χ1n) is 6.62. The number of nitrogens with one attached hydrogen (secondary N) is 1. The van der Waals surface area contributed by atoms with Crippen LogP contribution in [0.4, 0.5) is 0 Å². The maximum absolute atomic E-state index is 5.73. The molecule has 0 aliphatic heterocycles. The highest BCUT2D eigenvalue weighted by Gasteiger charge is 2.08. The molecule has 0 unspecified atom stereocenters. The van der Waals surface area contributed by atoms with Crippen LogP contribution in [0.2, 0.25) is 0 Å². The van der Waals surface area contributed by atoms with Gasteiger partial charge >= 0.3 is 0 Å². The van der Waals surface area contributed by atoms with Gasteiger partial charge in [0.2, 0.25) is 0 Å². The predicted octanol–water partition coefficient (Wildman–Crippen LogP) is 3.82. The normalized spacial score (nSPS) is 11.2. The monoisotopic (exact) mass is 288 g/mol. The molecule has 0 atom stereocenters. The molecule has 0 fully saturated rings. The van der Waals surface area contributed by atoms with Crippen LogP contribution in [-0.4, -0.2) is 11.5 Å². The molecule has 0 saturated carbocycles. The minimum atomic E-state index is 0.677. The third kappa shape index (κ3) is 3.05. The van der Waals surface area contributed by atoms with Crippen molar-refractivity contribution in [1.29, 1.82) is 0 Å². The Bertz CT molecular complexity index is 657. The number of fused-ring (bicyclic) bond motifs is 1. The van der Waals surface area contributed by atoms with Gasteiger partial charge in [0.15, 0.2) is 5.58 Å². The van der Waals surface area contributed by atoms with E-state index in [1.54, 1.807) is 11.8 Å². The quantitative estimate of drug-likeness (QED) is 0.699. The zero-order chi connectivity index (χ0) is 13.8. The number of furan rings is 1. The third-order valence-corrected chi connectivity index (χ3v) is 3.73. The van der Waals surface area contributed by atoms with Crippen molar-refractivity contribution < 1.29 is 8.83 Å². The van der Waals surface area contributed by atoms with E-state index in [9.17, 15) is 0 Å². The van der Waals surface area contributed by atoms with E-state index in [1.165, 1.54) is 0 Å². The van der Waals surface area contributed by atoms with E-state index in [-0.39, 0.29) is 0 Å². The molecule has 1 aromatic carbocycles. The molecular formula is C15H16N2O2S. The topological polar surface area (TPSA) is 51.2 Å². The molecule has 0 aliphatic carbocycles. The summed E-state index contributed by atoms with van der Waals surface area (Å²) < 4.78 is 11.4. The molecular weight excluding hydrogens is 272 g/mol. The van der Waals surface area contributed by atoms with Crippen molar-refractivity contribution in [3.8, 4) is 0 Å². The molecule has 3 rings (SSSR count). The molecule has 2 aromatic heterocycles. The second-order valence-electron chi connectivity index (χ2n) is 4.38. The molecule has 0 amide bonds. The molecule has 0 aliphatic rings. The van der Waals surface area contributed by atoms with Gasteiger partial charge in [-0.1, -0.05) is 30.8 Å². The van der Waals surface area contributed by atoms with Gasteiger partial charge < -0.3 is 14.2 Å². The van der Waals surface area contributed by atoms with Crippen LogP contribution in [0.15, 0.2) is 50.5 Å². The summed E-state index contributed by atoms with van der Waals surface area (Å²) >= 11 is 1.54. The highest BCUT2D eigenvalue weighted by atomic mass is 32.2. The summed E-state index contributed by atoms with van der Waals surface area (Å²) in [7, 11) is 0. The summed E-state index contributed by atoms with van der Waals surface area (Å²) in [6.07, 6.45) is 0. The largest absolute Gasteiger partial charge is 0.464 e. The maximum atomic E-state index is 5.73. The molecule has 0 bridgehead atoms. The van der Waals surface area contributed by atoms with E-state index >= 15 is 0 Å². The Morgan fingerprint density at radius 3 is 2.80 bits per heavy atom. The molecule has 1 N–H and O–H groups in total. The molecule has 0 radical (unpaired) electrons. The summed E-state index contributed by atoms with van der Waals surface area (Å²) in [6.45, 7) is 3.78. The van der Waals surface area contributed by atoms with Crippen LogP contribution in [0, 0.1) is 0 Å². The number of hydrogen-bond donors (Lipinski definition) is 1. The van der Waals surface area contributed by atoms with Gasteiger partial charge in [-0.3, -0.25) is 0 Å². The van der Waals surface area contributed by atoms with Crippen molar-refractivity contribution in [3.05, 3.63) is 47.9 Å². The summed E-state index contributed by atoms with van der Waals surface area (Å²) in [5.41, 5.74) is 1.71. The van der Waals surface area contributed by atoms with E-state index in [0.717, 1.165) is 41.5 Å². The molecule has 20 heavy (non-hydrogen) atoms. The van der Waals surface area contributed by atoms with Gasteiger partial charge in [-0.2, -0.15) is 0 Å². The highest BCUT2D eigenvalue weighted by molar-refractivity contribution is 7.98. The second-order valence-corrected chi connectivity index (χ2v) is 5.31. The van der Waals surface area contributed by atoms with Gasteiger partial charge in [0.25, 0.3) is 5.22 Å². The SMILES string of the molecule is CCNCc1ccc(CSc2nc3ccccc3o2)o1. The van der Waals surface area contributed by atoms with Crippen LogP contribution < -0.4 is 5.32 Å². The Hall–Kier alpha value is -1.72. The Morgan fingerprint density at radius 2 is 1.95 bits per heavy atom. The van der Waals surface area contributed by atoms with Gasteiger partial charge in [-0.05, 0) is 30.8 Å². The van der Waals surface area contributed by atoms with Crippen molar-refractivity contribution in [2.75, 3.05) is 6.54 Å². The fraction of sp³-hybridized carbons (Fsp3) is 0.267. The average Bonchev–Trinajstić information content (AvgIpc) is 3.09. The zero-order valence-corrected chi connectivity index (χ0v) is 12.1. The van der Waals surface area contributed by atoms with Gasteiger partial charge in [0.05, 0.1) is 12.3 Å². The van der Waals surface area contributed by atoms with Crippen molar-refractivity contribution in [2.45, 2.75) is 24.4 Å². The Morgan fingerprint density at radius 1 is 1.10 bits per heavy atom. The van der Waals surface area contributed by atoms with E-state index in [1.807, 2.05) is 36.4 Å². The first kappa shape index (κ1) is 13.3. The van der Waals surface area contributed by atoms with Crippen LogP contribution in [-0.2, 0) is 12.3 Å². The van der Waals surface area contributed by atoms with E-state index in [0.29, 0.717) is 5.22 Å². The van der Waals surface area contributed by atoms with E-state index < -0.39 is 0 Å². The predicted molar refractivity (Wildman–Crippen MR) is 79.7 cm³/mol. The van der Waals surface area contributed by atoms with Crippen molar-refractivity contribution in [2.24, 2.45) is 0 Å². The molecule has 0 spiro atoms. The number of hydrogen-bond acceptors (Lipinski definition) is 5. The standard InChI is InChI=1S/C15H16N2O2S/c1-2-16-9-11-7-8-12(18-11)10-20-15-17-13-5-3-4-6-14(13)19-15/h3-8,16H,2,9-10H2,1H3. The second kappa shape index (κ2) is 6.15. The first-order valence-corrected chi connectivity index (χ1v) is 7.60. The van der Waals surface area contributed by atoms with Gasteiger partial charge in [-0.15, -0.1) is 0 Å². The van der Waals surface area contributed by atoms with Crippen LogP contribution >= 0.6 is 11.8 Å². The van der Waals surface area contributed by atoms with Gasteiger partial charge in [0, 0.05) is 0 Å². The number of nitrogens with zero attached hydrogens (tertiary/aromatic N) is 1. The molecule has 5 heteroatoms. The number of benzene rings is 1. The van der Waals surface area contributed by atoms with Crippen molar-refractivity contribution >= 4 is 22.9 Å². The van der Waals surface area contributed by atoms with Crippen molar-refractivity contribution in [3.63, 3.8) is 0 Å². The third-order valence-electron chi connectivity index (χ3n) is 2.88. The molecule has 2 heterocycles. The van der Waals surface area contributed by atoms with Crippen LogP contribution in [0.25, 0.3) is 11.1 Å². The summed E-state index contributed by atoms with van der Waals surface area (Å²) in [5, 5.41) is 3.91. The minimum absolute atomic E-state index is 0.677. The summed E-state index contributed by atoms with van der Waals surface area (Å²) in [6, 6.07) is 11.8. The maximum Gasteiger partial charge on any atom is 0.257 e. The van der Waals surface area contributed by atoms with Gasteiger partial charge in [-0.25, -0.2) is 4.98 Å². The fourth-order valence-corrected chi connectivity index (χ4v) is 2.62. The summed E-state index contributed by atoms with van der Waals surface area (Å²) in [5.74, 6) is 2.61. The van der Waals surface area contributed by atoms with Crippen LogP contribution in [0.1, 0.15) is 18.4 Å². The lowest BCUT2D eigenvalue weighted by molar-refractivity contribution is 0.460. The molecule has 0 saturated heterocycles. The molecule has 4 nitrogen and oxygen atoms in total. The van der Waals surface area contributed by atoms with Crippen LogP contribution in [0.5, 0.6) is 0 Å². The minimum Gasteiger partial charge on any atom is -0.464 e. The smallest absolute Gasteiger partial charge is 0.257 e. The average molecular weight is 288 g/mol. The number of oxazole rings is 1.